The minimum absolute atomic E-state index is 0.149. The molecule has 2 N–H and O–H groups in total. The minimum Gasteiger partial charge on any atom is -0.323 e. The minimum atomic E-state index is -0.174. The summed E-state index contributed by atoms with van der Waals surface area (Å²) in [5, 5.41) is 0.395. The Morgan fingerprint density at radius 3 is 2.86 bits per heavy atom. The van der Waals surface area contributed by atoms with Crippen molar-refractivity contribution in [3.05, 3.63) is 35.6 Å². The van der Waals surface area contributed by atoms with Crippen molar-refractivity contribution in [2.75, 3.05) is 5.75 Å². The molecule has 0 amide bonds. The summed E-state index contributed by atoms with van der Waals surface area (Å²) in [6, 6.07) is 6.67. The van der Waals surface area contributed by atoms with E-state index in [-0.39, 0.29) is 11.9 Å². The predicted octanol–water partition coefficient (Wildman–Crippen LogP) is 2.72. The molecule has 1 nitrogen and oxygen atoms in total. The van der Waals surface area contributed by atoms with Crippen LogP contribution < -0.4 is 5.73 Å². The number of thioether (sulfide) groups is 1. The lowest BCUT2D eigenvalue weighted by Crippen LogP contribution is -2.22. The molecule has 1 saturated heterocycles. The van der Waals surface area contributed by atoms with Crippen molar-refractivity contribution in [1.82, 2.24) is 0 Å². The molecule has 0 saturated carbocycles. The Labute approximate surface area is 87.9 Å². The molecule has 0 radical (unpaired) electrons. The van der Waals surface area contributed by atoms with Gasteiger partial charge in [-0.2, -0.15) is 11.8 Å². The molecule has 1 aliphatic heterocycles. The van der Waals surface area contributed by atoms with E-state index in [2.05, 4.69) is 0 Å². The van der Waals surface area contributed by atoms with Crippen LogP contribution in [0.1, 0.15) is 24.4 Å². The lowest BCUT2D eigenvalue weighted by Gasteiger charge is -2.18. The van der Waals surface area contributed by atoms with E-state index in [9.17, 15) is 4.39 Å². The van der Waals surface area contributed by atoms with Crippen LogP contribution in [0.3, 0.4) is 0 Å². The standard InChI is InChI=1S/C11H14FNS/c12-9-5-2-1-4-8(9)11(13)10-6-3-7-14-10/h1-2,4-5,10-11H,3,6-7,13H2. The summed E-state index contributed by atoms with van der Waals surface area (Å²) in [6.07, 6.45) is 2.32. The normalized spacial score (nSPS) is 23.7. The molecular weight excluding hydrogens is 197 g/mol. The number of benzene rings is 1. The predicted molar refractivity (Wildman–Crippen MR) is 58.8 cm³/mol. The maximum atomic E-state index is 13.4. The highest BCUT2D eigenvalue weighted by molar-refractivity contribution is 8.00. The highest BCUT2D eigenvalue weighted by atomic mass is 32.2. The Morgan fingerprint density at radius 2 is 2.21 bits per heavy atom. The fourth-order valence-electron chi connectivity index (χ4n) is 1.83. The Kier molecular flexibility index (Phi) is 3.08. The number of halogens is 1. The molecule has 1 aromatic carbocycles. The molecule has 0 aliphatic carbocycles. The van der Waals surface area contributed by atoms with Crippen LogP contribution in [0.2, 0.25) is 0 Å². The van der Waals surface area contributed by atoms with Gasteiger partial charge in [-0.1, -0.05) is 18.2 Å². The number of nitrogens with two attached hydrogens (primary N) is 1. The van der Waals surface area contributed by atoms with Crippen LogP contribution in [-0.4, -0.2) is 11.0 Å². The van der Waals surface area contributed by atoms with E-state index in [0.717, 1.165) is 12.2 Å². The van der Waals surface area contributed by atoms with Crippen LogP contribution in [-0.2, 0) is 0 Å². The zero-order valence-electron chi connectivity index (χ0n) is 7.95. The zero-order valence-corrected chi connectivity index (χ0v) is 8.77. The molecule has 3 heteroatoms. The first-order valence-corrected chi connectivity index (χ1v) is 5.95. The molecule has 1 fully saturated rings. The van der Waals surface area contributed by atoms with Crippen LogP contribution in [0.25, 0.3) is 0 Å². The summed E-state index contributed by atoms with van der Waals surface area (Å²) < 4.78 is 13.4. The van der Waals surface area contributed by atoms with E-state index in [4.69, 9.17) is 5.73 Å². The first-order chi connectivity index (χ1) is 6.79. The quantitative estimate of drug-likeness (QED) is 0.814. The Bertz CT molecular complexity index is 310. The molecule has 2 atom stereocenters. The second-order valence-electron chi connectivity index (χ2n) is 3.60. The Hall–Kier alpha value is -0.540. The molecule has 1 aromatic rings. The lowest BCUT2D eigenvalue weighted by atomic mass is 10.0. The third-order valence-corrected chi connectivity index (χ3v) is 4.11. The van der Waals surface area contributed by atoms with Crippen molar-refractivity contribution in [3.8, 4) is 0 Å². The molecule has 76 valence electrons. The maximum Gasteiger partial charge on any atom is 0.128 e. The van der Waals surface area contributed by atoms with Crippen molar-refractivity contribution < 1.29 is 4.39 Å². The van der Waals surface area contributed by atoms with Crippen molar-refractivity contribution in [2.45, 2.75) is 24.1 Å². The van der Waals surface area contributed by atoms with Gasteiger partial charge in [-0.15, -0.1) is 0 Å². The largest absolute Gasteiger partial charge is 0.323 e. The summed E-state index contributed by atoms with van der Waals surface area (Å²) in [4.78, 5) is 0. The van der Waals surface area contributed by atoms with Crippen molar-refractivity contribution in [1.29, 1.82) is 0 Å². The van der Waals surface area contributed by atoms with Gasteiger partial charge in [-0.3, -0.25) is 0 Å². The SMILES string of the molecule is NC(c1ccccc1F)C1CCCS1. The first-order valence-electron chi connectivity index (χ1n) is 4.90. The van der Waals surface area contributed by atoms with Crippen LogP contribution >= 0.6 is 11.8 Å². The van der Waals surface area contributed by atoms with E-state index in [1.165, 1.54) is 12.5 Å². The van der Waals surface area contributed by atoms with Crippen LogP contribution in [0.5, 0.6) is 0 Å². The van der Waals surface area contributed by atoms with Gasteiger partial charge in [-0.05, 0) is 24.7 Å². The average Bonchev–Trinajstić information content (AvgIpc) is 2.70. The van der Waals surface area contributed by atoms with Gasteiger partial charge in [0.1, 0.15) is 5.82 Å². The van der Waals surface area contributed by atoms with Gasteiger partial charge < -0.3 is 5.73 Å². The molecule has 1 aliphatic rings. The van der Waals surface area contributed by atoms with E-state index in [0.29, 0.717) is 10.8 Å². The fourth-order valence-corrected chi connectivity index (χ4v) is 3.15. The van der Waals surface area contributed by atoms with E-state index in [1.807, 2.05) is 17.8 Å². The van der Waals surface area contributed by atoms with Gasteiger partial charge in [0.15, 0.2) is 0 Å². The molecule has 0 bridgehead atoms. The lowest BCUT2D eigenvalue weighted by molar-refractivity contribution is 0.565. The zero-order chi connectivity index (χ0) is 9.97. The third kappa shape index (κ3) is 1.93. The highest BCUT2D eigenvalue weighted by Gasteiger charge is 2.25. The fraction of sp³-hybridized carbons (Fsp3) is 0.455. The second kappa shape index (κ2) is 4.32. The van der Waals surface area contributed by atoms with Gasteiger partial charge >= 0.3 is 0 Å². The molecule has 0 aromatic heterocycles. The van der Waals surface area contributed by atoms with Gasteiger partial charge in [0, 0.05) is 16.9 Å². The summed E-state index contributed by atoms with van der Waals surface area (Å²) >= 11 is 1.86. The van der Waals surface area contributed by atoms with Crippen LogP contribution in [0.4, 0.5) is 4.39 Å². The number of rotatable bonds is 2. The molecule has 14 heavy (non-hydrogen) atoms. The van der Waals surface area contributed by atoms with Crippen LogP contribution in [0, 0.1) is 5.82 Å². The molecular formula is C11H14FNS. The second-order valence-corrected chi connectivity index (χ2v) is 4.95. The first kappa shape index (κ1) is 9.99. The van der Waals surface area contributed by atoms with E-state index in [1.54, 1.807) is 12.1 Å². The van der Waals surface area contributed by atoms with Gasteiger partial charge in [0.2, 0.25) is 0 Å². The third-order valence-electron chi connectivity index (χ3n) is 2.63. The van der Waals surface area contributed by atoms with Crippen molar-refractivity contribution in [2.24, 2.45) is 5.73 Å². The van der Waals surface area contributed by atoms with Crippen molar-refractivity contribution >= 4 is 11.8 Å². The monoisotopic (exact) mass is 211 g/mol. The summed E-state index contributed by atoms with van der Waals surface area (Å²) in [6.45, 7) is 0. The topological polar surface area (TPSA) is 26.0 Å². The smallest absolute Gasteiger partial charge is 0.128 e. The Morgan fingerprint density at radius 1 is 1.43 bits per heavy atom. The molecule has 2 rings (SSSR count). The van der Waals surface area contributed by atoms with E-state index < -0.39 is 0 Å². The number of hydrogen-bond donors (Lipinski definition) is 1. The van der Waals surface area contributed by atoms with Gasteiger partial charge in [-0.25, -0.2) is 4.39 Å². The van der Waals surface area contributed by atoms with Crippen molar-refractivity contribution in [3.63, 3.8) is 0 Å². The molecule has 2 unspecified atom stereocenters. The average molecular weight is 211 g/mol. The maximum absolute atomic E-state index is 13.4. The summed E-state index contributed by atoms with van der Waals surface area (Å²) in [5.74, 6) is 0.986. The van der Waals surface area contributed by atoms with Gasteiger partial charge in [0.05, 0.1) is 0 Å². The molecule has 0 spiro atoms. The van der Waals surface area contributed by atoms with E-state index >= 15 is 0 Å². The van der Waals surface area contributed by atoms with Crippen LogP contribution in [0.15, 0.2) is 24.3 Å². The number of hydrogen-bond acceptors (Lipinski definition) is 2. The summed E-state index contributed by atoms with van der Waals surface area (Å²) in [5.41, 5.74) is 6.70. The van der Waals surface area contributed by atoms with Gasteiger partial charge in [0.25, 0.3) is 0 Å². The summed E-state index contributed by atoms with van der Waals surface area (Å²) in [7, 11) is 0. The molecule has 1 heterocycles. The highest BCUT2D eigenvalue weighted by Crippen LogP contribution is 2.35. The Balaban J connectivity index is 2.17.